The molecule has 0 atom stereocenters. The first kappa shape index (κ1) is 21.0. The fourth-order valence-corrected chi connectivity index (χ4v) is 2.63. The minimum Gasteiger partial charge on any atom is -0.495 e. The summed E-state index contributed by atoms with van der Waals surface area (Å²) in [6.45, 7) is -0.172. The fraction of sp³-hybridized carbons (Fsp3) is 0.222. The number of ether oxygens (including phenoxy) is 1. The molecule has 0 aliphatic carbocycles. The molecule has 2 aromatic rings. The highest BCUT2D eigenvalue weighted by atomic mass is 35.5. The molecular formula is C18H18Cl2FN3O3. The van der Waals surface area contributed by atoms with Gasteiger partial charge in [0.05, 0.1) is 31.6 Å². The van der Waals surface area contributed by atoms with E-state index in [9.17, 15) is 14.0 Å². The lowest BCUT2D eigenvalue weighted by molar-refractivity contribution is -0.119. The Bertz CT molecular complexity index is 849. The number of nitrogens with zero attached hydrogens (tertiary/aromatic N) is 1. The molecule has 2 aromatic carbocycles. The van der Waals surface area contributed by atoms with E-state index in [1.54, 1.807) is 25.2 Å². The molecule has 0 fully saturated rings. The molecule has 0 aromatic heterocycles. The largest absolute Gasteiger partial charge is 0.495 e. The average Bonchev–Trinajstić information content (AvgIpc) is 2.57. The van der Waals surface area contributed by atoms with E-state index >= 15 is 0 Å². The van der Waals surface area contributed by atoms with E-state index in [1.807, 2.05) is 0 Å². The van der Waals surface area contributed by atoms with Gasteiger partial charge in [-0.2, -0.15) is 0 Å². The minimum atomic E-state index is -0.635. The van der Waals surface area contributed by atoms with Gasteiger partial charge >= 0.3 is 0 Å². The first-order valence-electron chi connectivity index (χ1n) is 7.85. The number of methoxy groups -OCH3 is 1. The van der Waals surface area contributed by atoms with Crippen LogP contribution >= 0.6 is 23.2 Å². The maximum atomic E-state index is 13.7. The van der Waals surface area contributed by atoms with Crippen LogP contribution in [0.4, 0.5) is 15.8 Å². The lowest BCUT2D eigenvalue weighted by Crippen LogP contribution is -2.36. The van der Waals surface area contributed by atoms with Crippen molar-refractivity contribution in [3.8, 4) is 5.75 Å². The van der Waals surface area contributed by atoms with Crippen molar-refractivity contribution in [3.05, 3.63) is 52.3 Å². The number of carbonyl (C=O) groups excluding carboxylic acids is 2. The van der Waals surface area contributed by atoms with E-state index in [0.29, 0.717) is 16.5 Å². The average molecular weight is 414 g/mol. The van der Waals surface area contributed by atoms with Crippen molar-refractivity contribution < 1.29 is 18.7 Å². The van der Waals surface area contributed by atoms with E-state index in [-0.39, 0.29) is 29.7 Å². The number of halogens is 3. The first-order valence-corrected chi connectivity index (χ1v) is 8.61. The third-order valence-corrected chi connectivity index (χ3v) is 3.94. The van der Waals surface area contributed by atoms with Crippen LogP contribution in [0, 0.1) is 5.82 Å². The summed E-state index contributed by atoms with van der Waals surface area (Å²) in [5.74, 6) is -0.994. The van der Waals surface area contributed by atoms with Crippen molar-refractivity contribution in [1.82, 2.24) is 4.90 Å². The standard InChI is InChI=1S/C18H18Cl2FN3O3/c1-24(9-17(25)22-14-5-3-11(19)7-13(14)21)10-18(26)23-15-8-12(20)4-6-16(15)27-2/h3-8H,9-10H2,1-2H3,(H,22,25)(H,23,26). The van der Waals surface area contributed by atoms with Gasteiger partial charge in [0, 0.05) is 10.0 Å². The highest BCUT2D eigenvalue weighted by Crippen LogP contribution is 2.27. The van der Waals surface area contributed by atoms with Crippen LogP contribution in [0.5, 0.6) is 5.75 Å². The molecule has 0 unspecified atom stereocenters. The van der Waals surface area contributed by atoms with E-state index in [4.69, 9.17) is 27.9 Å². The summed E-state index contributed by atoms with van der Waals surface area (Å²) in [6, 6.07) is 8.78. The number of anilines is 2. The monoisotopic (exact) mass is 413 g/mol. The molecule has 0 saturated heterocycles. The molecule has 0 radical (unpaired) electrons. The third-order valence-electron chi connectivity index (χ3n) is 3.47. The number of rotatable bonds is 7. The number of benzene rings is 2. The molecule has 0 spiro atoms. The van der Waals surface area contributed by atoms with Gasteiger partial charge in [-0.05, 0) is 43.4 Å². The van der Waals surface area contributed by atoms with Gasteiger partial charge in [-0.3, -0.25) is 14.5 Å². The second-order valence-corrected chi connectivity index (χ2v) is 6.61. The number of nitrogens with one attached hydrogen (secondary N) is 2. The topological polar surface area (TPSA) is 70.7 Å². The summed E-state index contributed by atoms with van der Waals surface area (Å²) in [6.07, 6.45) is 0. The number of hydrogen-bond donors (Lipinski definition) is 2. The SMILES string of the molecule is COc1ccc(Cl)cc1NC(=O)CN(C)CC(=O)Nc1ccc(Cl)cc1F. The number of hydrogen-bond acceptors (Lipinski definition) is 4. The number of carbonyl (C=O) groups is 2. The van der Waals surface area contributed by atoms with Crippen LogP contribution in [-0.2, 0) is 9.59 Å². The highest BCUT2D eigenvalue weighted by molar-refractivity contribution is 6.31. The fourth-order valence-electron chi connectivity index (χ4n) is 2.29. The molecule has 0 aliphatic heterocycles. The van der Waals surface area contributed by atoms with Crippen molar-refractivity contribution in [2.75, 3.05) is 37.9 Å². The van der Waals surface area contributed by atoms with Crippen LogP contribution in [0.15, 0.2) is 36.4 Å². The minimum absolute atomic E-state index is 0.0194. The summed E-state index contributed by atoms with van der Waals surface area (Å²) >= 11 is 11.6. The molecule has 2 N–H and O–H groups in total. The van der Waals surface area contributed by atoms with Gasteiger partial charge in [-0.15, -0.1) is 0 Å². The van der Waals surface area contributed by atoms with E-state index in [1.165, 1.54) is 24.1 Å². The Balaban J connectivity index is 1.89. The van der Waals surface area contributed by atoms with Crippen molar-refractivity contribution in [3.63, 3.8) is 0 Å². The van der Waals surface area contributed by atoms with Crippen LogP contribution in [0.2, 0.25) is 10.0 Å². The van der Waals surface area contributed by atoms with Gasteiger partial charge in [-0.25, -0.2) is 4.39 Å². The summed E-state index contributed by atoms with van der Waals surface area (Å²) in [5, 5.41) is 5.79. The van der Waals surface area contributed by atoms with Gasteiger partial charge in [0.2, 0.25) is 11.8 Å². The van der Waals surface area contributed by atoms with E-state index < -0.39 is 11.7 Å². The molecule has 2 amide bonds. The first-order chi connectivity index (χ1) is 12.8. The Labute approximate surface area is 166 Å². The van der Waals surface area contributed by atoms with Crippen LogP contribution in [-0.4, -0.2) is 44.0 Å². The molecule has 0 bridgehead atoms. The Kier molecular flexibility index (Phi) is 7.41. The Hall–Kier alpha value is -2.35. The third kappa shape index (κ3) is 6.39. The smallest absolute Gasteiger partial charge is 0.238 e. The summed E-state index contributed by atoms with van der Waals surface area (Å²) < 4.78 is 18.9. The van der Waals surface area contributed by atoms with Gasteiger partial charge in [0.1, 0.15) is 11.6 Å². The van der Waals surface area contributed by atoms with Crippen LogP contribution in [0.25, 0.3) is 0 Å². The predicted octanol–water partition coefficient (Wildman–Crippen LogP) is 3.65. The molecular weight excluding hydrogens is 396 g/mol. The summed E-state index contributed by atoms with van der Waals surface area (Å²) in [7, 11) is 3.07. The molecule has 6 nitrogen and oxygen atoms in total. The Morgan fingerprint density at radius 2 is 1.56 bits per heavy atom. The molecule has 144 valence electrons. The van der Waals surface area contributed by atoms with Crippen molar-refractivity contribution in [2.45, 2.75) is 0 Å². The van der Waals surface area contributed by atoms with Crippen molar-refractivity contribution in [2.24, 2.45) is 0 Å². The quantitative estimate of drug-likeness (QED) is 0.726. The van der Waals surface area contributed by atoms with E-state index in [2.05, 4.69) is 10.6 Å². The predicted molar refractivity (Wildman–Crippen MR) is 104 cm³/mol. The molecule has 0 heterocycles. The van der Waals surface area contributed by atoms with Crippen LogP contribution in [0.1, 0.15) is 0 Å². The van der Waals surface area contributed by atoms with Crippen molar-refractivity contribution >= 4 is 46.4 Å². The van der Waals surface area contributed by atoms with Gasteiger partial charge in [0.25, 0.3) is 0 Å². The second-order valence-electron chi connectivity index (χ2n) is 5.74. The normalized spacial score (nSPS) is 10.6. The number of amides is 2. The molecule has 0 saturated carbocycles. The van der Waals surface area contributed by atoms with Crippen molar-refractivity contribution in [1.29, 1.82) is 0 Å². The lowest BCUT2D eigenvalue weighted by Gasteiger charge is -2.17. The zero-order valence-electron chi connectivity index (χ0n) is 14.7. The zero-order chi connectivity index (χ0) is 20.0. The summed E-state index contributed by atoms with van der Waals surface area (Å²) in [5.41, 5.74) is 0.446. The Morgan fingerprint density at radius 1 is 1.00 bits per heavy atom. The van der Waals surface area contributed by atoms with E-state index in [0.717, 1.165) is 6.07 Å². The maximum Gasteiger partial charge on any atom is 0.238 e. The maximum absolute atomic E-state index is 13.7. The summed E-state index contributed by atoms with van der Waals surface area (Å²) in [4.78, 5) is 25.7. The van der Waals surface area contributed by atoms with Gasteiger partial charge in [-0.1, -0.05) is 23.2 Å². The highest BCUT2D eigenvalue weighted by Gasteiger charge is 2.14. The second kappa shape index (κ2) is 9.55. The molecule has 2 rings (SSSR count). The zero-order valence-corrected chi connectivity index (χ0v) is 16.2. The molecule has 0 aliphatic rings. The molecule has 27 heavy (non-hydrogen) atoms. The Morgan fingerprint density at radius 3 is 2.15 bits per heavy atom. The van der Waals surface area contributed by atoms with Gasteiger partial charge < -0.3 is 15.4 Å². The van der Waals surface area contributed by atoms with Crippen LogP contribution in [0.3, 0.4) is 0 Å². The van der Waals surface area contributed by atoms with Crippen LogP contribution < -0.4 is 15.4 Å². The lowest BCUT2D eigenvalue weighted by atomic mass is 10.3. The van der Waals surface area contributed by atoms with Gasteiger partial charge in [0.15, 0.2) is 0 Å². The number of likely N-dealkylation sites (N-methyl/N-ethyl adjacent to an activating group) is 1. The molecule has 9 heteroatoms.